The number of aromatic hydroxyl groups is 2. The molecule has 2 aliphatic carbocycles. The van der Waals surface area contributed by atoms with Crippen LogP contribution in [-0.4, -0.2) is 34.6 Å². The molecule has 3 atom stereocenters. The van der Waals surface area contributed by atoms with E-state index in [2.05, 4.69) is 6.92 Å². The van der Waals surface area contributed by atoms with Crippen molar-refractivity contribution in [2.24, 2.45) is 0 Å². The van der Waals surface area contributed by atoms with Crippen molar-refractivity contribution in [3.8, 4) is 39.9 Å². The zero-order valence-electron chi connectivity index (χ0n) is 24.2. The lowest BCUT2D eigenvalue weighted by Crippen LogP contribution is -2.32. The first-order chi connectivity index (χ1) is 20.0. The van der Waals surface area contributed by atoms with Gasteiger partial charge in [0.2, 0.25) is 0 Å². The number of hydrogen-bond acceptors (Lipinski definition) is 6. The number of phenols is 2. The summed E-state index contributed by atoms with van der Waals surface area (Å²) in [6, 6.07) is 12.8. The summed E-state index contributed by atoms with van der Waals surface area (Å²) in [5, 5.41) is 32.3. The zero-order chi connectivity index (χ0) is 28.5. The molecule has 0 bridgehead atoms. The fourth-order valence-electron chi connectivity index (χ4n) is 7.13. The fourth-order valence-corrected chi connectivity index (χ4v) is 7.13. The van der Waals surface area contributed by atoms with Gasteiger partial charge in [0.05, 0.1) is 19.3 Å². The molecule has 218 valence electrons. The van der Waals surface area contributed by atoms with Gasteiger partial charge in [0.1, 0.15) is 23.4 Å². The van der Waals surface area contributed by atoms with Crippen LogP contribution in [0.15, 0.2) is 42.5 Å². The van der Waals surface area contributed by atoms with Crippen LogP contribution >= 0.6 is 0 Å². The minimum absolute atomic E-state index is 0.105. The van der Waals surface area contributed by atoms with Gasteiger partial charge in [0.25, 0.3) is 0 Å². The summed E-state index contributed by atoms with van der Waals surface area (Å²) in [5.41, 5.74) is 6.28. The molecule has 6 rings (SSSR count). The molecule has 1 heterocycles. The third-order valence-corrected chi connectivity index (χ3v) is 9.18. The highest BCUT2D eigenvalue weighted by Gasteiger charge is 2.38. The van der Waals surface area contributed by atoms with Crippen molar-refractivity contribution in [1.29, 1.82) is 0 Å². The van der Waals surface area contributed by atoms with E-state index in [-0.39, 0.29) is 23.5 Å². The quantitative estimate of drug-likeness (QED) is 0.245. The molecule has 0 amide bonds. The molecule has 6 heteroatoms. The molecule has 3 N–H and O–H groups in total. The summed E-state index contributed by atoms with van der Waals surface area (Å²) in [7, 11) is 1.69. The molecule has 3 aromatic carbocycles. The van der Waals surface area contributed by atoms with Crippen LogP contribution in [0.25, 0.3) is 11.1 Å². The molecule has 0 unspecified atom stereocenters. The summed E-state index contributed by atoms with van der Waals surface area (Å²) in [6.45, 7) is 2.21. The van der Waals surface area contributed by atoms with E-state index in [0.29, 0.717) is 12.2 Å². The van der Waals surface area contributed by atoms with Gasteiger partial charge in [-0.15, -0.1) is 0 Å². The summed E-state index contributed by atoms with van der Waals surface area (Å²) in [4.78, 5) is 0. The molecule has 41 heavy (non-hydrogen) atoms. The maximum absolute atomic E-state index is 11.5. The van der Waals surface area contributed by atoms with Crippen LogP contribution in [0.3, 0.4) is 0 Å². The Bertz CT molecular complexity index is 1390. The van der Waals surface area contributed by atoms with Gasteiger partial charge in [0, 0.05) is 23.6 Å². The standard InChI is InChI=1S/C35H42O6/c1-3-4-6-9-21-16-23-17-24(36)13-14-26(23)34-32(39-2)20-30-27(33(21)34)19-29(38)35(41-30)22-12-15-28(37)31(18-22)40-25-10-7-5-8-11-25/h12-15,17-18,20-21,25,29,35-38H,3-11,16,19H2,1-2H3/t21-,29+,35-/m0/s1. The van der Waals surface area contributed by atoms with Crippen molar-refractivity contribution >= 4 is 0 Å². The second-order valence-electron chi connectivity index (χ2n) is 12.0. The molecule has 6 nitrogen and oxygen atoms in total. The minimum Gasteiger partial charge on any atom is -0.508 e. The molecule has 3 aliphatic rings. The van der Waals surface area contributed by atoms with Crippen LogP contribution in [0, 0.1) is 0 Å². The summed E-state index contributed by atoms with van der Waals surface area (Å²) in [5.74, 6) is 2.56. The number of benzene rings is 3. The van der Waals surface area contributed by atoms with Crippen molar-refractivity contribution in [3.63, 3.8) is 0 Å². The first-order valence-electron chi connectivity index (χ1n) is 15.4. The molecule has 0 spiro atoms. The second kappa shape index (κ2) is 11.8. The minimum atomic E-state index is -0.760. The highest BCUT2D eigenvalue weighted by Crippen LogP contribution is 2.53. The number of aliphatic hydroxyl groups excluding tert-OH is 1. The average Bonchev–Trinajstić information content (AvgIpc) is 2.98. The number of ether oxygens (including phenoxy) is 3. The van der Waals surface area contributed by atoms with E-state index in [1.807, 2.05) is 30.3 Å². The molecule has 0 aromatic heterocycles. The predicted octanol–water partition coefficient (Wildman–Crippen LogP) is 7.74. The van der Waals surface area contributed by atoms with E-state index >= 15 is 0 Å². The number of methoxy groups -OCH3 is 1. The van der Waals surface area contributed by atoms with Crippen LogP contribution < -0.4 is 14.2 Å². The van der Waals surface area contributed by atoms with Gasteiger partial charge in [-0.1, -0.05) is 44.7 Å². The lowest BCUT2D eigenvalue weighted by molar-refractivity contribution is 0.0199. The van der Waals surface area contributed by atoms with Gasteiger partial charge >= 0.3 is 0 Å². The van der Waals surface area contributed by atoms with Crippen molar-refractivity contribution in [1.82, 2.24) is 0 Å². The summed E-state index contributed by atoms with van der Waals surface area (Å²) < 4.78 is 18.8. The monoisotopic (exact) mass is 558 g/mol. The van der Waals surface area contributed by atoms with Crippen LogP contribution in [0.4, 0.5) is 0 Å². The second-order valence-corrected chi connectivity index (χ2v) is 12.0. The Morgan fingerprint density at radius 2 is 1.76 bits per heavy atom. The highest BCUT2D eigenvalue weighted by molar-refractivity contribution is 5.83. The van der Waals surface area contributed by atoms with Crippen molar-refractivity contribution in [3.05, 3.63) is 64.7 Å². The maximum atomic E-state index is 11.5. The lowest BCUT2D eigenvalue weighted by Gasteiger charge is -2.37. The first-order valence-corrected chi connectivity index (χ1v) is 15.4. The highest BCUT2D eigenvalue weighted by atomic mass is 16.5. The molecule has 1 aliphatic heterocycles. The van der Waals surface area contributed by atoms with Gasteiger partial charge < -0.3 is 29.5 Å². The number of phenolic OH excluding ortho intramolecular Hbond substituents is 2. The number of aliphatic hydroxyl groups is 1. The molecule has 0 saturated heterocycles. The molecule has 1 fully saturated rings. The molecule has 3 aromatic rings. The van der Waals surface area contributed by atoms with Gasteiger partial charge in [0.15, 0.2) is 11.5 Å². The Morgan fingerprint density at radius 3 is 2.54 bits per heavy atom. The van der Waals surface area contributed by atoms with Crippen LogP contribution in [-0.2, 0) is 12.8 Å². The SMILES string of the molecule is CCCCC[C@H]1Cc2cc(O)ccc2-c2c(OC)cc3c(c21)C[C@@H](O)[C@H](c1ccc(O)c(OC2CCCCC2)c1)O3. The van der Waals surface area contributed by atoms with Crippen molar-refractivity contribution in [2.45, 2.75) is 102 Å². The van der Waals surface area contributed by atoms with E-state index in [0.717, 1.165) is 97.1 Å². The predicted molar refractivity (Wildman–Crippen MR) is 159 cm³/mol. The topological polar surface area (TPSA) is 88.4 Å². The Hall–Kier alpha value is -3.38. The van der Waals surface area contributed by atoms with Crippen LogP contribution in [0.2, 0.25) is 0 Å². The molecular weight excluding hydrogens is 516 g/mol. The number of hydrogen-bond donors (Lipinski definition) is 3. The van der Waals surface area contributed by atoms with Crippen molar-refractivity contribution in [2.75, 3.05) is 7.11 Å². The summed E-state index contributed by atoms with van der Waals surface area (Å²) >= 11 is 0. The van der Waals surface area contributed by atoms with Crippen LogP contribution in [0.5, 0.6) is 28.7 Å². The van der Waals surface area contributed by atoms with E-state index in [1.165, 1.54) is 12.0 Å². The van der Waals surface area contributed by atoms with Gasteiger partial charge in [-0.05, 0) is 91.0 Å². The third-order valence-electron chi connectivity index (χ3n) is 9.18. The van der Waals surface area contributed by atoms with Gasteiger partial charge in [-0.25, -0.2) is 0 Å². The molecule has 0 radical (unpaired) electrons. The average molecular weight is 559 g/mol. The Morgan fingerprint density at radius 1 is 0.927 bits per heavy atom. The number of unbranched alkanes of at least 4 members (excludes halogenated alkanes) is 2. The number of fused-ring (bicyclic) bond motifs is 5. The first kappa shape index (κ1) is 27.8. The Labute approximate surface area is 242 Å². The van der Waals surface area contributed by atoms with E-state index in [9.17, 15) is 15.3 Å². The Kier molecular flexibility index (Phi) is 8.03. The third kappa shape index (κ3) is 5.46. The summed E-state index contributed by atoms with van der Waals surface area (Å²) in [6.07, 6.45) is 10.00. The molecule has 1 saturated carbocycles. The van der Waals surface area contributed by atoms with Gasteiger partial charge in [-0.3, -0.25) is 0 Å². The van der Waals surface area contributed by atoms with Gasteiger partial charge in [-0.2, -0.15) is 0 Å². The van der Waals surface area contributed by atoms with E-state index < -0.39 is 12.2 Å². The largest absolute Gasteiger partial charge is 0.508 e. The fraction of sp³-hybridized carbons (Fsp3) is 0.486. The van der Waals surface area contributed by atoms with Crippen LogP contribution in [0.1, 0.15) is 99.0 Å². The lowest BCUT2D eigenvalue weighted by atomic mass is 9.72. The normalized spacial score (nSPS) is 21.8. The van der Waals surface area contributed by atoms with E-state index in [1.54, 1.807) is 19.2 Å². The maximum Gasteiger partial charge on any atom is 0.161 e. The zero-order valence-corrected chi connectivity index (χ0v) is 24.2. The van der Waals surface area contributed by atoms with E-state index in [4.69, 9.17) is 14.2 Å². The smallest absolute Gasteiger partial charge is 0.161 e. The molecular formula is C35H42O6. The van der Waals surface area contributed by atoms with Crippen molar-refractivity contribution < 1.29 is 29.5 Å². The Balaban J connectivity index is 1.38. The number of rotatable bonds is 8.